The van der Waals surface area contributed by atoms with Gasteiger partial charge >= 0.3 is 12.0 Å². The number of hydrogen-bond donors (Lipinski definition) is 3. The van der Waals surface area contributed by atoms with Gasteiger partial charge in [0.25, 0.3) is 0 Å². The number of carboxylic acids is 1. The average molecular weight is 280 g/mol. The van der Waals surface area contributed by atoms with Crippen LogP contribution >= 0.6 is 12.6 Å². The summed E-state index contributed by atoms with van der Waals surface area (Å²) in [6, 6.07) is 5.87. The van der Waals surface area contributed by atoms with Crippen LogP contribution in [0.5, 0.6) is 0 Å². The van der Waals surface area contributed by atoms with Crippen molar-refractivity contribution in [3.63, 3.8) is 0 Å². The third-order valence-electron chi connectivity index (χ3n) is 2.80. The zero-order valence-electron chi connectivity index (χ0n) is 9.87. The average Bonchev–Trinajstić information content (AvgIpc) is 2.69. The molecule has 100 valence electrons. The normalized spacial score (nSPS) is 16.4. The van der Waals surface area contributed by atoms with Gasteiger partial charge in [0.05, 0.1) is 10.9 Å². The van der Waals surface area contributed by atoms with Gasteiger partial charge in [-0.25, -0.2) is 9.59 Å². The number of benzene rings is 1. The highest BCUT2D eigenvalue weighted by atomic mass is 32.1. The van der Waals surface area contributed by atoms with Crippen LogP contribution in [0.25, 0.3) is 0 Å². The molecule has 2 rings (SSSR count). The summed E-state index contributed by atoms with van der Waals surface area (Å²) in [4.78, 5) is 34.5. The van der Waals surface area contributed by atoms with Crippen LogP contribution in [0.1, 0.15) is 15.9 Å². The first-order valence-electron chi connectivity index (χ1n) is 5.58. The first-order valence-corrected chi connectivity index (χ1v) is 6.10. The largest absolute Gasteiger partial charge is 0.478 e. The number of carbonyl (C=O) groups excluding carboxylic acids is 2. The summed E-state index contributed by atoms with van der Waals surface area (Å²) in [5, 5.41) is 10.5. The fraction of sp³-hybridized carbons (Fsp3) is 0.250. The maximum Gasteiger partial charge on any atom is 0.335 e. The highest BCUT2D eigenvalue weighted by Crippen LogP contribution is 2.15. The molecule has 1 aliphatic rings. The third kappa shape index (κ3) is 3.05. The molecule has 1 aromatic rings. The van der Waals surface area contributed by atoms with Crippen LogP contribution in [0.15, 0.2) is 24.3 Å². The lowest BCUT2D eigenvalue weighted by Gasteiger charge is -2.21. The molecule has 1 unspecified atom stereocenters. The molecule has 0 bridgehead atoms. The number of urea groups is 1. The number of rotatable bonds is 4. The monoisotopic (exact) mass is 280 g/mol. The summed E-state index contributed by atoms with van der Waals surface area (Å²) in [5.74, 6) is -1.33. The predicted molar refractivity (Wildman–Crippen MR) is 70.1 cm³/mol. The van der Waals surface area contributed by atoms with Crippen LogP contribution in [0.3, 0.4) is 0 Å². The molecular formula is C12H12N2O4S. The quantitative estimate of drug-likeness (QED) is 0.560. The van der Waals surface area contributed by atoms with Crippen LogP contribution in [0.4, 0.5) is 4.79 Å². The standard InChI is InChI=1S/C12H12N2O4S/c15-9-6-14(12(18)13-9)10(19)5-7-1-3-8(4-2-7)11(16)17/h1-4,10,19H,5-6H2,(H,16,17)(H,13,15,18). The predicted octanol–water partition coefficient (Wildman–Crippen LogP) is 0.735. The number of amides is 3. The number of carbonyl (C=O) groups is 3. The lowest BCUT2D eigenvalue weighted by Crippen LogP contribution is -2.35. The SMILES string of the molecule is O=C1CN(C(S)Cc2ccc(C(=O)O)cc2)C(=O)N1. The van der Waals surface area contributed by atoms with Gasteiger partial charge in [-0.2, -0.15) is 12.6 Å². The molecule has 1 heterocycles. The summed E-state index contributed by atoms with van der Waals surface area (Å²) in [6.07, 6.45) is 0.434. The molecule has 0 radical (unpaired) electrons. The number of thiol groups is 1. The topological polar surface area (TPSA) is 86.7 Å². The Balaban J connectivity index is 2.02. The number of imide groups is 1. The summed E-state index contributed by atoms with van der Waals surface area (Å²) in [6.45, 7) is 0.000208. The van der Waals surface area contributed by atoms with E-state index < -0.39 is 17.4 Å². The Morgan fingerprint density at radius 2 is 2.00 bits per heavy atom. The van der Waals surface area contributed by atoms with Crippen molar-refractivity contribution in [2.75, 3.05) is 6.54 Å². The highest BCUT2D eigenvalue weighted by molar-refractivity contribution is 7.80. The summed E-state index contributed by atoms with van der Waals surface area (Å²) in [7, 11) is 0. The second kappa shape index (κ2) is 5.31. The second-order valence-corrected chi connectivity index (χ2v) is 4.76. The molecule has 7 heteroatoms. The van der Waals surface area contributed by atoms with Gasteiger partial charge in [0.2, 0.25) is 5.91 Å². The van der Waals surface area contributed by atoms with E-state index in [1.165, 1.54) is 17.0 Å². The van der Waals surface area contributed by atoms with Crippen LogP contribution in [0.2, 0.25) is 0 Å². The van der Waals surface area contributed by atoms with Crippen molar-refractivity contribution in [1.82, 2.24) is 10.2 Å². The molecule has 2 N–H and O–H groups in total. The molecule has 3 amide bonds. The van der Waals surface area contributed by atoms with Crippen LogP contribution < -0.4 is 5.32 Å². The molecule has 0 aliphatic carbocycles. The van der Waals surface area contributed by atoms with E-state index >= 15 is 0 Å². The molecule has 1 atom stereocenters. The van der Waals surface area contributed by atoms with E-state index in [-0.39, 0.29) is 18.0 Å². The fourth-order valence-corrected chi connectivity index (χ4v) is 2.20. The van der Waals surface area contributed by atoms with Crippen molar-refractivity contribution in [1.29, 1.82) is 0 Å². The molecule has 1 fully saturated rings. The Morgan fingerprint density at radius 1 is 1.37 bits per heavy atom. The van der Waals surface area contributed by atoms with Crippen LogP contribution in [-0.2, 0) is 11.2 Å². The molecule has 1 aliphatic heterocycles. The van der Waals surface area contributed by atoms with Crippen molar-refractivity contribution < 1.29 is 19.5 Å². The van der Waals surface area contributed by atoms with Gasteiger partial charge < -0.3 is 10.0 Å². The van der Waals surface area contributed by atoms with Gasteiger partial charge in [0.1, 0.15) is 6.54 Å². The highest BCUT2D eigenvalue weighted by Gasteiger charge is 2.30. The van der Waals surface area contributed by atoms with E-state index in [9.17, 15) is 14.4 Å². The Morgan fingerprint density at radius 3 is 2.47 bits per heavy atom. The van der Waals surface area contributed by atoms with Gasteiger partial charge in [0, 0.05) is 6.42 Å². The minimum atomic E-state index is -0.988. The minimum absolute atomic E-state index is 0.000208. The van der Waals surface area contributed by atoms with Crippen molar-refractivity contribution in [2.24, 2.45) is 0 Å². The van der Waals surface area contributed by atoms with E-state index in [2.05, 4.69) is 17.9 Å². The Labute approximate surface area is 114 Å². The lowest BCUT2D eigenvalue weighted by molar-refractivity contribution is -0.118. The van der Waals surface area contributed by atoms with E-state index in [1.807, 2.05) is 0 Å². The molecule has 1 aromatic carbocycles. The smallest absolute Gasteiger partial charge is 0.335 e. The van der Waals surface area contributed by atoms with Crippen molar-refractivity contribution in [2.45, 2.75) is 11.8 Å². The molecule has 0 spiro atoms. The van der Waals surface area contributed by atoms with Crippen LogP contribution in [-0.4, -0.2) is 39.8 Å². The molecular weight excluding hydrogens is 268 g/mol. The Bertz CT molecular complexity index is 529. The zero-order chi connectivity index (χ0) is 14.0. The number of nitrogens with zero attached hydrogens (tertiary/aromatic N) is 1. The maximum atomic E-state index is 11.4. The number of hydrogen-bond acceptors (Lipinski definition) is 4. The van der Waals surface area contributed by atoms with Gasteiger partial charge in [-0.1, -0.05) is 12.1 Å². The molecule has 0 aromatic heterocycles. The number of aromatic carboxylic acids is 1. The van der Waals surface area contributed by atoms with Crippen molar-refractivity contribution in [3.8, 4) is 0 Å². The first-order chi connectivity index (χ1) is 8.97. The molecule has 19 heavy (non-hydrogen) atoms. The molecule has 0 saturated carbocycles. The molecule has 6 nitrogen and oxygen atoms in total. The van der Waals surface area contributed by atoms with Crippen molar-refractivity contribution in [3.05, 3.63) is 35.4 Å². The number of carboxylic acid groups (broad SMARTS) is 1. The van der Waals surface area contributed by atoms with Crippen LogP contribution in [0, 0.1) is 0 Å². The number of nitrogens with one attached hydrogen (secondary N) is 1. The van der Waals surface area contributed by atoms with E-state index in [0.717, 1.165) is 5.56 Å². The third-order valence-corrected chi connectivity index (χ3v) is 3.26. The van der Waals surface area contributed by atoms with Crippen molar-refractivity contribution >= 4 is 30.5 Å². The zero-order valence-corrected chi connectivity index (χ0v) is 10.8. The van der Waals surface area contributed by atoms with E-state index in [0.29, 0.717) is 6.42 Å². The van der Waals surface area contributed by atoms with Gasteiger partial charge in [-0.05, 0) is 17.7 Å². The summed E-state index contributed by atoms with van der Waals surface area (Å²) in [5.41, 5.74) is 1.05. The van der Waals surface area contributed by atoms with Gasteiger partial charge in [-0.3, -0.25) is 10.1 Å². The molecule has 1 saturated heterocycles. The van der Waals surface area contributed by atoms with E-state index in [1.54, 1.807) is 12.1 Å². The fourth-order valence-electron chi connectivity index (χ4n) is 1.80. The van der Waals surface area contributed by atoms with Gasteiger partial charge in [-0.15, -0.1) is 0 Å². The van der Waals surface area contributed by atoms with E-state index in [4.69, 9.17) is 5.11 Å². The Hall–Kier alpha value is -2.02. The summed E-state index contributed by atoms with van der Waals surface area (Å²) >= 11 is 4.30. The Kier molecular flexibility index (Phi) is 3.75. The first kappa shape index (κ1) is 13.4. The minimum Gasteiger partial charge on any atom is -0.478 e. The van der Waals surface area contributed by atoms with Gasteiger partial charge in [0.15, 0.2) is 0 Å². The lowest BCUT2D eigenvalue weighted by atomic mass is 10.1. The second-order valence-electron chi connectivity index (χ2n) is 4.17. The summed E-state index contributed by atoms with van der Waals surface area (Å²) < 4.78 is 0. The maximum absolute atomic E-state index is 11.4.